The van der Waals surface area contributed by atoms with Crippen LogP contribution in [0.5, 0.6) is 0 Å². The molecule has 0 bridgehead atoms. The third kappa shape index (κ3) is 6.03. The van der Waals surface area contributed by atoms with Gasteiger partial charge in [0.15, 0.2) is 0 Å². The van der Waals surface area contributed by atoms with Gasteiger partial charge in [-0.3, -0.25) is 19.0 Å². The highest BCUT2D eigenvalue weighted by Gasteiger charge is 2.32. The van der Waals surface area contributed by atoms with Gasteiger partial charge in [-0.15, -0.1) is 0 Å². The van der Waals surface area contributed by atoms with E-state index >= 15 is 0 Å². The Kier molecular flexibility index (Phi) is 8.34. The summed E-state index contributed by atoms with van der Waals surface area (Å²) < 4.78 is 46.1. The minimum atomic E-state index is -4.55. The van der Waals surface area contributed by atoms with Crippen LogP contribution in [0.15, 0.2) is 67.1 Å². The van der Waals surface area contributed by atoms with Crippen molar-refractivity contribution < 1.29 is 27.5 Å². The summed E-state index contributed by atoms with van der Waals surface area (Å²) in [6.07, 6.45) is 5.80. The van der Waals surface area contributed by atoms with Gasteiger partial charge < -0.3 is 15.0 Å². The van der Waals surface area contributed by atoms with Crippen molar-refractivity contribution in [3.05, 3.63) is 89.8 Å². The first-order valence-corrected chi connectivity index (χ1v) is 13.4. The number of hydrogen-bond donors (Lipinski definition) is 1. The number of rotatable bonds is 7. The fraction of sp³-hybridized carbons (Fsp3) is 0.300. The number of imidazole rings is 1. The molecule has 1 fully saturated rings. The fourth-order valence-electron chi connectivity index (χ4n) is 5.10. The molecule has 0 aliphatic carbocycles. The van der Waals surface area contributed by atoms with Crippen molar-refractivity contribution in [2.45, 2.75) is 38.4 Å². The molecule has 1 N–H and O–H groups in total. The minimum absolute atomic E-state index is 0.105. The van der Waals surface area contributed by atoms with Crippen LogP contribution >= 0.6 is 0 Å². The Balaban J connectivity index is 1.45. The number of likely N-dealkylation sites (tertiary alicyclic amines) is 1. The molecule has 1 aliphatic heterocycles. The number of nitrogens with zero attached hydrogens (tertiary/aromatic N) is 5. The molecule has 1 aliphatic rings. The van der Waals surface area contributed by atoms with E-state index in [0.29, 0.717) is 18.8 Å². The summed E-state index contributed by atoms with van der Waals surface area (Å²) in [6, 6.07) is 7.98. The summed E-state index contributed by atoms with van der Waals surface area (Å²) >= 11 is 0. The van der Waals surface area contributed by atoms with Gasteiger partial charge in [-0.1, -0.05) is 18.2 Å². The lowest BCUT2D eigenvalue weighted by molar-refractivity contribution is -0.137. The first kappa shape index (κ1) is 28.9. The molecule has 4 heterocycles. The third-order valence-corrected chi connectivity index (χ3v) is 7.12. The summed E-state index contributed by atoms with van der Waals surface area (Å²) in [5.41, 5.74) is 2.23. The number of piperidine rings is 1. The molecular weight excluding hydrogens is 549 g/mol. The Morgan fingerprint density at radius 3 is 2.64 bits per heavy atom. The predicted octanol–water partition coefficient (Wildman–Crippen LogP) is 5.63. The molecule has 0 spiro atoms. The lowest BCUT2D eigenvalue weighted by Gasteiger charge is -2.34. The molecule has 42 heavy (non-hydrogen) atoms. The van der Waals surface area contributed by atoms with Crippen LogP contribution in [-0.2, 0) is 15.7 Å². The molecule has 5 rings (SSSR count). The maximum atomic E-state index is 13.1. The zero-order valence-electron chi connectivity index (χ0n) is 23.1. The van der Waals surface area contributed by atoms with Crippen LogP contribution in [0.2, 0.25) is 0 Å². The zero-order valence-corrected chi connectivity index (χ0v) is 23.1. The molecule has 4 aromatic rings. The van der Waals surface area contributed by atoms with E-state index in [9.17, 15) is 22.8 Å². The summed E-state index contributed by atoms with van der Waals surface area (Å²) in [5, 5.41) is 2.42. The van der Waals surface area contributed by atoms with Crippen molar-refractivity contribution >= 4 is 23.1 Å². The van der Waals surface area contributed by atoms with Gasteiger partial charge in [0.05, 0.1) is 35.1 Å². The number of benzene rings is 1. The number of carbonyl (C=O) groups excluding carboxylic acids is 2. The molecule has 218 valence electrons. The number of pyridine rings is 1. The molecule has 12 heteroatoms. The first-order chi connectivity index (χ1) is 20.2. The lowest BCUT2D eigenvalue weighted by Crippen LogP contribution is -2.38. The summed E-state index contributed by atoms with van der Waals surface area (Å²) in [6.45, 7) is 2.83. The smallest absolute Gasteiger partial charge is 0.381 e. The predicted molar refractivity (Wildman–Crippen MR) is 150 cm³/mol. The number of anilines is 1. The van der Waals surface area contributed by atoms with Crippen molar-refractivity contribution in [1.29, 1.82) is 0 Å². The van der Waals surface area contributed by atoms with Crippen LogP contribution in [0.25, 0.3) is 16.8 Å². The quantitative estimate of drug-likeness (QED) is 0.286. The molecule has 1 saturated heterocycles. The van der Waals surface area contributed by atoms with Crippen LogP contribution in [0, 0.1) is 6.92 Å². The van der Waals surface area contributed by atoms with E-state index in [-0.39, 0.29) is 23.3 Å². The van der Waals surface area contributed by atoms with Crippen LogP contribution in [0.1, 0.15) is 52.7 Å². The van der Waals surface area contributed by atoms with Gasteiger partial charge in [0, 0.05) is 49.4 Å². The normalized spacial score (nSPS) is 15.8. The summed E-state index contributed by atoms with van der Waals surface area (Å²) in [7, 11) is 1.57. The number of fused-ring (bicyclic) bond motifs is 1. The SMILES string of the molecule is COC/C=C/C(=O)N1CCCC[C@H]1c1nc(-c2ccc(C(=O)Nc3cc(C(F)(F)F)ccn3)cc2)c2c(C)nccn12. The second kappa shape index (κ2) is 12.1. The monoisotopic (exact) mass is 578 g/mol. The standard InChI is InChI=1S/C30H29F3N6O3/c1-19-27-26(20-8-10-21(11-9-20)29(41)36-24-18-22(12-13-35-24)30(31,32)33)37-28(39(27)16-14-34-19)23-6-3-4-15-38(23)25(40)7-5-17-42-2/h5,7-14,16,18,23H,3-4,6,15,17H2,1-2H3,(H,35,36,41)/b7-5+/t23-/m0/s1. The molecule has 0 saturated carbocycles. The summed E-state index contributed by atoms with van der Waals surface area (Å²) in [5.74, 6) is -0.184. The number of alkyl halides is 3. The number of hydrogen-bond acceptors (Lipinski definition) is 6. The Morgan fingerprint density at radius 2 is 1.90 bits per heavy atom. The largest absolute Gasteiger partial charge is 0.416 e. The Morgan fingerprint density at radius 1 is 1.12 bits per heavy atom. The third-order valence-electron chi connectivity index (χ3n) is 7.12. The van der Waals surface area contributed by atoms with Gasteiger partial charge in [-0.2, -0.15) is 13.2 Å². The van der Waals surface area contributed by atoms with Gasteiger partial charge >= 0.3 is 6.18 Å². The maximum Gasteiger partial charge on any atom is 0.416 e. The number of methoxy groups -OCH3 is 1. The Labute approximate surface area is 240 Å². The van der Waals surface area contributed by atoms with E-state index in [1.165, 1.54) is 6.08 Å². The van der Waals surface area contributed by atoms with Gasteiger partial charge in [0.2, 0.25) is 5.91 Å². The van der Waals surface area contributed by atoms with E-state index < -0.39 is 17.6 Å². The highest BCUT2D eigenvalue weighted by atomic mass is 19.4. The molecule has 2 amide bonds. The van der Waals surface area contributed by atoms with E-state index in [0.717, 1.165) is 60.2 Å². The van der Waals surface area contributed by atoms with E-state index in [1.54, 1.807) is 43.6 Å². The van der Waals surface area contributed by atoms with Crippen molar-refractivity contribution in [3.63, 3.8) is 0 Å². The van der Waals surface area contributed by atoms with Crippen molar-refractivity contribution in [1.82, 2.24) is 24.3 Å². The molecule has 9 nitrogen and oxygen atoms in total. The minimum Gasteiger partial charge on any atom is -0.381 e. The molecular formula is C30H29F3N6O3. The van der Waals surface area contributed by atoms with Crippen LogP contribution in [0.4, 0.5) is 19.0 Å². The molecule has 3 aromatic heterocycles. The van der Waals surface area contributed by atoms with Gasteiger partial charge in [-0.05, 0) is 50.5 Å². The number of carbonyl (C=O) groups is 2. The molecule has 1 atom stereocenters. The van der Waals surface area contributed by atoms with Crippen LogP contribution < -0.4 is 5.32 Å². The average Bonchev–Trinajstić information content (AvgIpc) is 3.38. The zero-order chi connectivity index (χ0) is 29.9. The Hall–Kier alpha value is -4.58. The van der Waals surface area contributed by atoms with Crippen LogP contribution in [-0.4, -0.2) is 56.3 Å². The number of amides is 2. The second-order valence-electron chi connectivity index (χ2n) is 9.91. The van der Waals surface area contributed by atoms with Gasteiger partial charge in [-0.25, -0.2) is 9.97 Å². The van der Waals surface area contributed by atoms with Crippen LogP contribution in [0.3, 0.4) is 0 Å². The van der Waals surface area contributed by atoms with E-state index in [1.807, 2.05) is 22.4 Å². The lowest BCUT2D eigenvalue weighted by atomic mass is 10.0. The van der Waals surface area contributed by atoms with Crippen molar-refractivity contribution in [3.8, 4) is 11.3 Å². The van der Waals surface area contributed by atoms with Crippen molar-refractivity contribution in [2.24, 2.45) is 0 Å². The number of halogens is 3. The second-order valence-corrected chi connectivity index (χ2v) is 9.91. The van der Waals surface area contributed by atoms with E-state index in [4.69, 9.17) is 9.72 Å². The Bertz CT molecular complexity index is 1630. The topological polar surface area (TPSA) is 102 Å². The number of aromatic nitrogens is 4. The number of nitrogens with one attached hydrogen (secondary N) is 1. The molecule has 0 unspecified atom stereocenters. The molecule has 0 radical (unpaired) electrons. The first-order valence-electron chi connectivity index (χ1n) is 13.4. The van der Waals surface area contributed by atoms with Gasteiger partial charge in [0.1, 0.15) is 11.6 Å². The number of aryl methyl sites for hydroxylation is 1. The highest BCUT2D eigenvalue weighted by molar-refractivity contribution is 6.04. The van der Waals surface area contributed by atoms with Crippen molar-refractivity contribution in [2.75, 3.05) is 25.6 Å². The summed E-state index contributed by atoms with van der Waals surface area (Å²) in [4.78, 5) is 41.0. The highest BCUT2D eigenvalue weighted by Crippen LogP contribution is 2.35. The fourth-order valence-corrected chi connectivity index (χ4v) is 5.10. The van der Waals surface area contributed by atoms with Gasteiger partial charge in [0.25, 0.3) is 5.91 Å². The maximum absolute atomic E-state index is 13.1. The van der Waals surface area contributed by atoms with E-state index in [2.05, 4.69) is 15.3 Å². The average molecular weight is 579 g/mol. The molecule has 1 aromatic carbocycles. The number of ether oxygens (including phenoxy) is 1.